The molecule has 7 nitrogen and oxygen atoms in total. The molecule has 0 N–H and O–H groups in total. The summed E-state index contributed by atoms with van der Waals surface area (Å²) in [5.74, 6) is 0.419. The number of para-hydroxylation sites is 1. The highest BCUT2D eigenvalue weighted by Crippen LogP contribution is 2.33. The molecule has 0 bridgehead atoms. The first-order valence-electron chi connectivity index (χ1n) is 9.35. The van der Waals surface area contributed by atoms with E-state index in [-0.39, 0.29) is 10.6 Å². The van der Waals surface area contributed by atoms with Crippen LogP contribution < -0.4 is 0 Å². The molecule has 0 saturated carbocycles. The van der Waals surface area contributed by atoms with E-state index in [0.717, 1.165) is 42.4 Å². The predicted octanol–water partition coefficient (Wildman–Crippen LogP) is 4.39. The maximum Gasteiger partial charge on any atom is 0.271 e. The minimum Gasteiger partial charge on any atom is -0.284 e. The van der Waals surface area contributed by atoms with Gasteiger partial charge in [-0.2, -0.15) is 5.10 Å². The fourth-order valence-corrected chi connectivity index (χ4v) is 5.02. The zero-order chi connectivity index (χ0) is 19.1. The summed E-state index contributed by atoms with van der Waals surface area (Å²) in [5.41, 5.74) is 1.97. The lowest BCUT2D eigenvalue weighted by molar-refractivity contribution is -0.384. The second-order valence-corrected chi connectivity index (χ2v) is 8.28. The van der Waals surface area contributed by atoms with Crippen molar-refractivity contribution in [3.05, 3.63) is 63.8 Å². The van der Waals surface area contributed by atoms with Gasteiger partial charge in [0.25, 0.3) is 5.69 Å². The van der Waals surface area contributed by atoms with Crippen LogP contribution in [0.4, 0.5) is 5.69 Å². The van der Waals surface area contributed by atoms with Crippen molar-refractivity contribution in [2.24, 2.45) is 0 Å². The van der Waals surface area contributed by atoms with Crippen LogP contribution >= 0.6 is 11.3 Å². The fraction of sp³-hybridized carbons (Fsp3) is 0.300. The van der Waals surface area contributed by atoms with Gasteiger partial charge < -0.3 is 0 Å². The molecule has 0 amide bonds. The Morgan fingerprint density at radius 1 is 1.25 bits per heavy atom. The fourth-order valence-electron chi connectivity index (χ4n) is 3.92. The van der Waals surface area contributed by atoms with Crippen LogP contribution in [0.3, 0.4) is 0 Å². The van der Waals surface area contributed by atoms with Gasteiger partial charge in [0, 0.05) is 30.0 Å². The van der Waals surface area contributed by atoms with E-state index in [1.54, 1.807) is 29.7 Å². The summed E-state index contributed by atoms with van der Waals surface area (Å²) in [6.07, 6.45) is 4.02. The zero-order valence-electron chi connectivity index (χ0n) is 15.2. The minimum absolute atomic E-state index is 0.0975. The molecule has 1 aliphatic heterocycles. The van der Waals surface area contributed by atoms with Crippen LogP contribution in [-0.2, 0) is 6.67 Å². The molecule has 8 heteroatoms. The molecule has 0 unspecified atom stereocenters. The highest BCUT2D eigenvalue weighted by molar-refractivity contribution is 7.18. The summed E-state index contributed by atoms with van der Waals surface area (Å²) in [7, 11) is 0. The van der Waals surface area contributed by atoms with E-state index in [9.17, 15) is 10.1 Å². The molecule has 2 aromatic heterocycles. The summed E-state index contributed by atoms with van der Waals surface area (Å²) in [5, 5.41) is 17.7. The summed E-state index contributed by atoms with van der Waals surface area (Å²) in [6, 6.07) is 13.2. The lowest BCUT2D eigenvalue weighted by atomic mass is 9.99. The number of non-ortho nitro benzene ring substituents is 1. The first-order chi connectivity index (χ1) is 13.7. The summed E-state index contributed by atoms with van der Waals surface area (Å²) < 4.78 is 3.10. The molecule has 3 heterocycles. The smallest absolute Gasteiger partial charge is 0.271 e. The molecule has 142 valence electrons. The van der Waals surface area contributed by atoms with Crippen molar-refractivity contribution in [2.75, 3.05) is 13.1 Å². The Bertz CT molecular complexity index is 1130. The van der Waals surface area contributed by atoms with Crippen molar-refractivity contribution in [1.29, 1.82) is 0 Å². The van der Waals surface area contributed by atoms with Crippen molar-refractivity contribution in [1.82, 2.24) is 19.7 Å². The SMILES string of the molecule is O=[N+]([O-])c1ccc2cnn(CN3CCC[C@H](c4nc5ccccc5s4)C3)c2c1. The molecular weight excluding hydrogens is 374 g/mol. The second kappa shape index (κ2) is 6.96. The van der Waals surface area contributed by atoms with Crippen LogP contribution in [0.1, 0.15) is 23.8 Å². The van der Waals surface area contributed by atoms with Crippen molar-refractivity contribution < 1.29 is 4.92 Å². The van der Waals surface area contributed by atoms with Gasteiger partial charge in [-0.15, -0.1) is 11.3 Å². The number of likely N-dealkylation sites (tertiary alicyclic amines) is 1. The second-order valence-electron chi connectivity index (χ2n) is 7.22. The molecule has 28 heavy (non-hydrogen) atoms. The summed E-state index contributed by atoms with van der Waals surface area (Å²) in [4.78, 5) is 18.0. The van der Waals surface area contributed by atoms with E-state index in [1.165, 1.54) is 15.8 Å². The van der Waals surface area contributed by atoms with Gasteiger partial charge in [0.05, 0.1) is 38.5 Å². The average molecular weight is 393 g/mol. The van der Waals surface area contributed by atoms with E-state index in [4.69, 9.17) is 4.98 Å². The molecule has 5 rings (SSSR count). The Morgan fingerprint density at radius 2 is 2.14 bits per heavy atom. The average Bonchev–Trinajstić information content (AvgIpc) is 3.32. The molecule has 1 atom stereocenters. The molecule has 0 spiro atoms. The van der Waals surface area contributed by atoms with Gasteiger partial charge in [0.2, 0.25) is 0 Å². The summed E-state index contributed by atoms with van der Waals surface area (Å²) in [6.45, 7) is 2.56. The van der Waals surface area contributed by atoms with Crippen LogP contribution in [0.2, 0.25) is 0 Å². The van der Waals surface area contributed by atoms with E-state index in [0.29, 0.717) is 12.6 Å². The number of hydrogen-bond acceptors (Lipinski definition) is 6. The number of hydrogen-bond donors (Lipinski definition) is 0. The molecule has 0 aliphatic carbocycles. The van der Waals surface area contributed by atoms with Crippen molar-refractivity contribution in [3.8, 4) is 0 Å². The third-order valence-electron chi connectivity index (χ3n) is 5.34. The number of piperidine rings is 1. The predicted molar refractivity (Wildman–Crippen MR) is 110 cm³/mol. The first-order valence-corrected chi connectivity index (χ1v) is 10.2. The number of nitro benzene ring substituents is 1. The van der Waals surface area contributed by atoms with Crippen LogP contribution in [0.5, 0.6) is 0 Å². The van der Waals surface area contributed by atoms with E-state index < -0.39 is 0 Å². The zero-order valence-corrected chi connectivity index (χ0v) is 16.0. The number of nitrogens with zero attached hydrogens (tertiary/aromatic N) is 5. The van der Waals surface area contributed by atoms with Crippen molar-refractivity contribution in [2.45, 2.75) is 25.4 Å². The van der Waals surface area contributed by atoms with Crippen LogP contribution in [-0.4, -0.2) is 37.7 Å². The minimum atomic E-state index is -0.360. The maximum absolute atomic E-state index is 11.1. The standard InChI is InChI=1S/C20H19N5O2S/c26-25(27)16-8-7-14-11-21-24(18(14)10-16)13-23-9-3-4-15(12-23)20-22-17-5-1-2-6-19(17)28-20/h1-2,5-8,10-11,15H,3-4,9,12-13H2/t15-/m0/s1. The van der Waals surface area contributed by atoms with Crippen molar-refractivity contribution >= 4 is 38.1 Å². The Balaban J connectivity index is 1.37. The number of aromatic nitrogens is 3. The topological polar surface area (TPSA) is 77.1 Å². The molecule has 1 saturated heterocycles. The van der Waals surface area contributed by atoms with Gasteiger partial charge in [-0.1, -0.05) is 12.1 Å². The maximum atomic E-state index is 11.1. The van der Waals surface area contributed by atoms with Crippen LogP contribution in [0, 0.1) is 10.1 Å². The van der Waals surface area contributed by atoms with Gasteiger partial charge in [0.1, 0.15) is 0 Å². The van der Waals surface area contributed by atoms with Gasteiger partial charge in [-0.25, -0.2) is 4.98 Å². The first kappa shape index (κ1) is 17.3. The highest BCUT2D eigenvalue weighted by atomic mass is 32.1. The Kier molecular flexibility index (Phi) is 4.29. The molecular formula is C20H19N5O2S. The lowest BCUT2D eigenvalue weighted by Gasteiger charge is -2.31. The highest BCUT2D eigenvalue weighted by Gasteiger charge is 2.25. The molecule has 1 fully saturated rings. The number of fused-ring (bicyclic) bond motifs is 2. The molecule has 2 aromatic carbocycles. The monoisotopic (exact) mass is 393 g/mol. The van der Waals surface area contributed by atoms with E-state index in [2.05, 4.69) is 28.2 Å². The van der Waals surface area contributed by atoms with Gasteiger partial charge in [-0.3, -0.25) is 19.7 Å². The van der Waals surface area contributed by atoms with E-state index >= 15 is 0 Å². The molecule has 0 radical (unpaired) electrons. The third kappa shape index (κ3) is 3.14. The van der Waals surface area contributed by atoms with Gasteiger partial charge in [0.15, 0.2) is 0 Å². The van der Waals surface area contributed by atoms with Crippen LogP contribution in [0.25, 0.3) is 21.1 Å². The number of rotatable bonds is 4. The number of benzene rings is 2. The van der Waals surface area contributed by atoms with Crippen molar-refractivity contribution in [3.63, 3.8) is 0 Å². The quantitative estimate of drug-likeness (QED) is 0.380. The molecule has 4 aromatic rings. The number of thiazole rings is 1. The van der Waals surface area contributed by atoms with Crippen LogP contribution in [0.15, 0.2) is 48.7 Å². The van der Waals surface area contributed by atoms with Gasteiger partial charge in [-0.05, 0) is 37.6 Å². The molecule has 1 aliphatic rings. The Morgan fingerprint density at radius 3 is 3.00 bits per heavy atom. The Hall–Kier alpha value is -2.84. The summed E-state index contributed by atoms with van der Waals surface area (Å²) >= 11 is 1.79. The van der Waals surface area contributed by atoms with Gasteiger partial charge >= 0.3 is 0 Å². The normalized spacial score (nSPS) is 18.1. The largest absolute Gasteiger partial charge is 0.284 e. The van der Waals surface area contributed by atoms with E-state index in [1.807, 2.05) is 10.7 Å². The Labute approximate surface area is 165 Å². The lowest BCUT2D eigenvalue weighted by Crippen LogP contribution is -2.36. The number of nitro groups is 1. The third-order valence-corrected chi connectivity index (χ3v) is 6.54.